The maximum absolute atomic E-state index is 4.36. The van der Waals surface area contributed by atoms with E-state index in [2.05, 4.69) is 47.6 Å². The molecule has 0 spiro atoms. The number of hydrogen-bond acceptors (Lipinski definition) is 2. The predicted molar refractivity (Wildman–Crippen MR) is 88.3 cm³/mol. The van der Waals surface area contributed by atoms with Gasteiger partial charge in [-0.15, -0.1) is 6.58 Å². The fraction of sp³-hybridized carbons (Fsp3) is 0.812. The van der Waals surface area contributed by atoms with Crippen LogP contribution in [0.3, 0.4) is 0 Å². The third-order valence-electron chi connectivity index (χ3n) is 3.81. The average molecular weight is 280 g/mol. The van der Waals surface area contributed by atoms with Crippen molar-refractivity contribution in [1.29, 1.82) is 0 Å². The number of hydrogen-bond donors (Lipinski definition) is 1. The SMILES string of the molecule is C=CCCCN(C)C(=NC)NCCN(C(C)C)C1CC1. The number of allylic oxidation sites excluding steroid dienone is 1. The molecule has 0 aromatic carbocycles. The first kappa shape index (κ1) is 17.0. The second-order valence-electron chi connectivity index (χ2n) is 5.89. The molecule has 0 saturated heterocycles. The molecule has 0 bridgehead atoms. The van der Waals surface area contributed by atoms with E-state index in [9.17, 15) is 0 Å². The molecule has 4 nitrogen and oxygen atoms in total. The number of nitrogens with one attached hydrogen (secondary N) is 1. The van der Waals surface area contributed by atoms with Crippen LogP contribution in [0.15, 0.2) is 17.6 Å². The van der Waals surface area contributed by atoms with E-state index in [-0.39, 0.29) is 0 Å². The number of aliphatic imine (C=N–C) groups is 1. The van der Waals surface area contributed by atoms with Crippen LogP contribution in [0.2, 0.25) is 0 Å². The Balaban J connectivity index is 2.28. The summed E-state index contributed by atoms with van der Waals surface area (Å²) in [7, 11) is 3.95. The lowest BCUT2D eigenvalue weighted by Crippen LogP contribution is -2.44. The van der Waals surface area contributed by atoms with Crippen LogP contribution >= 0.6 is 0 Å². The third kappa shape index (κ3) is 5.95. The Morgan fingerprint density at radius 1 is 1.40 bits per heavy atom. The highest BCUT2D eigenvalue weighted by molar-refractivity contribution is 5.79. The monoisotopic (exact) mass is 280 g/mol. The van der Waals surface area contributed by atoms with Gasteiger partial charge in [-0.3, -0.25) is 9.89 Å². The molecule has 0 amide bonds. The lowest BCUT2D eigenvalue weighted by molar-refractivity contribution is 0.214. The van der Waals surface area contributed by atoms with Gasteiger partial charge in [-0.2, -0.15) is 0 Å². The maximum atomic E-state index is 4.36. The van der Waals surface area contributed by atoms with Crippen molar-refractivity contribution in [3.8, 4) is 0 Å². The predicted octanol–water partition coefficient (Wildman–Crippen LogP) is 2.33. The molecule has 1 saturated carbocycles. The Bertz CT molecular complexity index is 306. The zero-order valence-electron chi connectivity index (χ0n) is 13.7. The molecule has 0 atom stereocenters. The highest BCUT2D eigenvalue weighted by Crippen LogP contribution is 2.27. The fourth-order valence-electron chi connectivity index (χ4n) is 2.53. The van der Waals surface area contributed by atoms with Crippen LogP contribution in [0.25, 0.3) is 0 Å². The lowest BCUT2D eigenvalue weighted by Gasteiger charge is -2.28. The van der Waals surface area contributed by atoms with Crippen LogP contribution in [0.5, 0.6) is 0 Å². The van der Waals surface area contributed by atoms with E-state index in [4.69, 9.17) is 0 Å². The molecule has 1 fully saturated rings. The van der Waals surface area contributed by atoms with Crippen molar-refractivity contribution in [1.82, 2.24) is 15.1 Å². The molecule has 0 radical (unpaired) electrons. The molecular weight excluding hydrogens is 248 g/mol. The van der Waals surface area contributed by atoms with Gasteiger partial charge < -0.3 is 10.2 Å². The fourth-order valence-corrected chi connectivity index (χ4v) is 2.53. The van der Waals surface area contributed by atoms with E-state index in [1.165, 1.54) is 12.8 Å². The van der Waals surface area contributed by atoms with Crippen LogP contribution in [0.4, 0.5) is 0 Å². The van der Waals surface area contributed by atoms with Crippen molar-refractivity contribution in [2.45, 2.75) is 51.6 Å². The van der Waals surface area contributed by atoms with Gasteiger partial charge in [0.2, 0.25) is 0 Å². The third-order valence-corrected chi connectivity index (χ3v) is 3.81. The Hall–Kier alpha value is -1.03. The van der Waals surface area contributed by atoms with E-state index in [1.54, 1.807) is 0 Å². The highest BCUT2D eigenvalue weighted by atomic mass is 15.3. The van der Waals surface area contributed by atoms with Crippen molar-refractivity contribution in [3.05, 3.63) is 12.7 Å². The molecule has 0 aromatic rings. The molecule has 0 unspecified atom stereocenters. The second kappa shape index (κ2) is 9.01. The largest absolute Gasteiger partial charge is 0.355 e. The van der Waals surface area contributed by atoms with E-state index < -0.39 is 0 Å². The normalized spacial score (nSPS) is 15.8. The maximum Gasteiger partial charge on any atom is 0.193 e. The van der Waals surface area contributed by atoms with Crippen LogP contribution < -0.4 is 5.32 Å². The standard InChI is InChI=1S/C16H32N4/c1-6-7-8-12-19(5)16(17-4)18-11-13-20(14(2)3)15-9-10-15/h6,14-15H,1,7-13H2,2-5H3,(H,17,18). The Morgan fingerprint density at radius 3 is 2.60 bits per heavy atom. The minimum Gasteiger partial charge on any atom is -0.355 e. The summed E-state index contributed by atoms with van der Waals surface area (Å²) >= 11 is 0. The van der Waals surface area contributed by atoms with E-state index in [0.29, 0.717) is 6.04 Å². The van der Waals surface area contributed by atoms with Crippen molar-refractivity contribution in [2.24, 2.45) is 4.99 Å². The summed E-state index contributed by atoms with van der Waals surface area (Å²) in [4.78, 5) is 9.15. The van der Waals surface area contributed by atoms with E-state index in [0.717, 1.165) is 44.5 Å². The summed E-state index contributed by atoms with van der Waals surface area (Å²) in [5, 5.41) is 3.47. The van der Waals surface area contributed by atoms with Gasteiger partial charge in [0, 0.05) is 45.8 Å². The summed E-state index contributed by atoms with van der Waals surface area (Å²) < 4.78 is 0. The number of unbranched alkanes of at least 4 members (excludes halogenated alkanes) is 1. The van der Waals surface area contributed by atoms with Crippen LogP contribution in [-0.4, -0.2) is 61.6 Å². The van der Waals surface area contributed by atoms with Crippen LogP contribution in [-0.2, 0) is 0 Å². The van der Waals surface area contributed by atoms with Crippen LogP contribution in [0, 0.1) is 0 Å². The van der Waals surface area contributed by atoms with Gasteiger partial charge in [-0.05, 0) is 39.5 Å². The average Bonchev–Trinajstić information content (AvgIpc) is 3.23. The first-order valence-corrected chi connectivity index (χ1v) is 7.88. The molecule has 0 heterocycles. The molecular formula is C16H32N4. The second-order valence-corrected chi connectivity index (χ2v) is 5.89. The minimum atomic E-state index is 0.636. The summed E-state index contributed by atoms with van der Waals surface area (Å²) in [6.45, 7) is 11.4. The van der Waals surface area contributed by atoms with Gasteiger partial charge in [0.05, 0.1) is 0 Å². The van der Waals surface area contributed by atoms with E-state index in [1.807, 2.05) is 13.1 Å². The molecule has 0 aliphatic heterocycles. The number of nitrogens with zero attached hydrogens (tertiary/aromatic N) is 3. The van der Waals surface area contributed by atoms with Crippen LogP contribution in [0.1, 0.15) is 39.5 Å². The topological polar surface area (TPSA) is 30.9 Å². The zero-order chi connectivity index (χ0) is 15.0. The zero-order valence-corrected chi connectivity index (χ0v) is 13.7. The van der Waals surface area contributed by atoms with Gasteiger partial charge in [-0.25, -0.2) is 0 Å². The molecule has 1 aliphatic rings. The first-order valence-electron chi connectivity index (χ1n) is 7.88. The molecule has 1 rings (SSSR count). The van der Waals surface area contributed by atoms with Gasteiger partial charge in [0.25, 0.3) is 0 Å². The highest BCUT2D eigenvalue weighted by Gasteiger charge is 2.30. The van der Waals surface area contributed by atoms with Crippen molar-refractivity contribution < 1.29 is 0 Å². The van der Waals surface area contributed by atoms with E-state index >= 15 is 0 Å². The van der Waals surface area contributed by atoms with Crippen molar-refractivity contribution >= 4 is 5.96 Å². The molecule has 116 valence electrons. The Kier molecular flexibility index (Phi) is 7.67. The summed E-state index contributed by atoms with van der Waals surface area (Å²) in [6.07, 6.45) is 6.90. The Labute approximate surface area is 124 Å². The summed E-state index contributed by atoms with van der Waals surface area (Å²) in [5.74, 6) is 0.994. The van der Waals surface area contributed by atoms with Gasteiger partial charge in [0.1, 0.15) is 0 Å². The summed E-state index contributed by atoms with van der Waals surface area (Å²) in [6, 6.07) is 1.46. The first-order chi connectivity index (χ1) is 9.60. The Morgan fingerprint density at radius 2 is 2.10 bits per heavy atom. The van der Waals surface area contributed by atoms with Crippen molar-refractivity contribution in [2.75, 3.05) is 33.7 Å². The van der Waals surface area contributed by atoms with Gasteiger partial charge >= 0.3 is 0 Å². The lowest BCUT2D eigenvalue weighted by atomic mass is 10.3. The summed E-state index contributed by atoms with van der Waals surface area (Å²) in [5.41, 5.74) is 0. The number of guanidine groups is 1. The smallest absolute Gasteiger partial charge is 0.193 e. The molecule has 20 heavy (non-hydrogen) atoms. The molecule has 0 aromatic heterocycles. The minimum absolute atomic E-state index is 0.636. The van der Waals surface area contributed by atoms with Gasteiger partial charge in [-0.1, -0.05) is 6.08 Å². The quantitative estimate of drug-likeness (QED) is 0.304. The molecule has 4 heteroatoms. The van der Waals surface area contributed by atoms with Crippen molar-refractivity contribution in [3.63, 3.8) is 0 Å². The molecule has 1 aliphatic carbocycles. The van der Waals surface area contributed by atoms with Gasteiger partial charge in [0.15, 0.2) is 5.96 Å². The number of rotatable bonds is 9. The molecule has 1 N–H and O–H groups in total.